The molecule has 21 heavy (non-hydrogen) atoms. The largest absolute Gasteiger partial charge is 0.393 e. The number of nitrogens with zero attached hydrogens (tertiary/aromatic N) is 1. The number of carbonyl (C=O) groups excluding carboxylic acids is 1. The minimum Gasteiger partial charge on any atom is -0.393 e. The van der Waals surface area contributed by atoms with Crippen molar-refractivity contribution in [1.29, 1.82) is 0 Å². The number of halogens is 1. The summed E-state index contributed by atoms with van der Waals surface area (Å²) in [5.41, 5.74) is -0.659. The summed E-state index contributed by atoms with van der Waals surface area (Å²) >= 11 is 0. The van der Waals surface area contributed by atoms with Gasteiger partial charge in [0.1, 0.15) is 5.82 Å². The Balaban J connectivity index is 1.88. The van der Waals surface area contributed by atoms with Gasteiger partial charge in [-0.1, -0.05) is 18.2 Å². The highest BCUT2D eigenvalue weighted by Gasteiger charge is 2.30. The fourth-order valence-corrected chi connectivity index (χ4v) is 2.46. The summed E-state index contributed by atoms with van der Waals surface area (Å²) in [5, 5.41) is 21.9. The van der Waals surface area contributed by atoms with E-state index in [1.54, 1.807) is 23.1 Å². The molecule has 1 aromatic rings. The summed E-state index contributed by atoms with van der Waals surface area (Å²) in [7, 11) is 0. The molecule has 0 aromatic heterocycles. The molecule has 3 N–H and O–H groups in total. The van der Waals surface area contributed by atoms with Gasteiger partial charge in [0.15, 0.2) is 0 Å². The Morgan fingerprint density at radius 3 is 2.81 bits per heavy atom. The van der Waals surface area contributed by atoms with Gasteiger partial charge in [0, 0.05) is 25.2 Å². The quantitative estimate of drug-likeness (QED) is 0.786. The molecule has 116 valence electrons. The van der Waals surface area contributed by atoms with Crippen molar-refractivity contribution >= 4 is 6.03 Å². The van der Waals surface area contributed by atoms with Gasteiger partial charge >= 0.3 is 6.03 Å². The zero-order chi connectivity index (χ0) is 15.3. The highest BCUT2D eigenvalue weighted by atomic mass is 19.1. The first-order chi connectivity index (χ1) is 10.0. The summed E-state index contributed by atoms with van der Waals surface area (Å²) in [4.78, 5) is 13.7. The van der Waals surface area contributed by atoms with Crippen LogP contribution in [0.25, 0.3) is 0 Å². The van der Waals surface area contributed by atoms with Crippen LogP contribution in [0, 0.1) is 5.82 Å². The van der Waals surface area contributed by atoms with Crippen LogP contribution >= 0.6 is 0 Å². The molecular formula is C15H21FN2O3. The molecule has 1 aliphatic rings. The lowest BCUT2D eigenvalue weighted by Crippen LogP contribution is -2.41. The van der Waals surface area contributed by atoms with Crippen molar-refractivity contribution in [3.8, 4) is 0 Å². The summed E-state index contributed by atoms with van der Waals surface area (Å²) in [5.74, 6) is -0.344. The monoisotopic (exact) mass is 296 g/mol. The van der Waals surface area contributed by atoms with Crippen molar-refractivity contribution in [3.63, 3.8) is 0 Å². The van der Waals surface area contributed by atoms with Gasteiger partial charge in [0.05, 0.1) is 12.2 Å². The van der Waals surface area contributed by atoms with E-state index >= 15 is 0 Å². The van der Waals surface area contributed by atoms with E-state index in [1.807, 2.05) is 0 Å². The average Bonchev–Trinajstić information content (AvgIpc) is 2.69. The number of urea groups is 1. The predicted molar refractivity (Wildman–Crippen MR) is 76.1 cm³/mol. The number of likely N-dealkylation sites (tertiary alicyclic amines) is 1. The van der Waals surface area contributed by atoms with Crippen molar-refractivity contribution < 1.29 is 19.4 Å². The molecule has 0 unspecified atom stereocenters. The number of nitrogens with one attached hydrogen (secondary N) is 1. The minimum atomic E-state index is -1.10. The van der Waals surface area contributed by atoms with E-state index < -0.39 is 5.60 Å². The molecule has 0 bridgehead atoms. The lowest BCUT2D eigenvalue weighted by Gasteiger charge is -2.24. The molecule has 0 radical (unpaired) electrons. The lowest BCUT2D eigenvalue weighted by atomic mass is 9.96. The predicted octanol–water partition coefficient (Wildman–Crippen LogP) is 1.24. The van der Waals surface area contributed by atoms with Gasteiger partial charge in [-0.2, -0.15) is 0 Å². The second-order valence-electron chi connectivity index (χ2n) is 5.47. The van der Waals surface area contributed by atoms with E-state index in [-0.39, 0.29) is 25.0 Å². The Morgan fingerprint density at radius 1 is 1.33 bits per heavy atom. The molecule has 2 amide bonds. The van der Waals surface area contributed by atoms with E-state index in [9.17, 15) is 19.4 Å². The molecule has 2 rings (SSSR count). The molecule has 1 heterocycles. The Bertz CT molecular complexity index is 498. The number of aliphatic hydroxyl groups excluding tert-OH is 1. The fourth-order valence-electron chi connectivity index (χ4n) is 2.46. The highest BCUT2D eigenvalue weighted by molar-refractivity contribution is 5.74. The Kier molecular flexibility index (Phi) is 5.14. The van der Waals surface area contributed by atoms with Gasteiger partial charge in [0.2, 0.25) is 0 Å². The van der Waals surface area contributed by atoms with E-state index in [0.717, 1.165) is 0 Å². The van der Waals surface area contributed by atoms with Gasteiger partial charge in [-0.05, 0) is 25.3 Å². The normalized spacial score (nSPS) is 22.7. The van der Waals surface area contributed by atoms with Crippen LogP contribution in [0.1, 0.15) is 24.8 Å². The summed E-state index contributed by atoms with van der Waals surface area (Å²) in [6, 6.07) is 6.03. The van der Waals surface area contributed by atoms with E-state index in [2.05, 4.69) is 5.32 Å². The van der Waals surface area contributed by atoms with Gasteiger partial charge in [-0.25, -0.2) is 9.18 Å². The SMILES string of the molecule is O=C(NCc1ccccc1F)N1CCC[C@](O)(CO)CC1. The fraction of sp³-hybridized carbons (Fsp3) is 0.533. The van der Waals surface area contributed by atoms with Crippen molar-refractivity contribution in [3.05, 3.63) is 35.6 Å². The molecule has 5 nitrogen and oxygen atoms in total. The van der Waals surface area contributed by atoms with Crippen LogP contribution in [0.2, 0.25) is 0 Å². The number of hydrogen-bond donors (Lipinski definition) is 3. The third-order valence-corrected chi connectivity index (χ3v) is 3.89. The third kappa shape index (κ3) is 4.15. The maximum Gasteiger partial charge on any atom is 0.317 e. The van der Waals surface area contributed by atoms with Crippen LogP contribution in [0.5, 0.6) is 0 Å². The van der Waals surface area contributed by atoms with E-state index in [4.69, 9.17) is 0 Å². The van der Waals surface area contributed by atoms with Crippen LogP contribution in [-0.4, -0.2) is 46.4 Å². The van der Waals surface area contributed by atoms with Gasteiger partial charge < -0.3 is 20.4 Å². The lowest BCUT2D eigenvalue weighted by molar-refractivity contribution is -0.0248. The number of benzene rings is 1. The molecular weight excluding hydrogens is 275 g/mol. The van der Waals surface area contributed by atoms with Crippen LogP contribution in [-0.2, 0) is 6.54 Å². The first kappa shape index (κ1) is 15.7. The maximum atomic E-state index is 13.5. The molecule has 1 atom stereocenters. The van der Waals surface area contributed by atoms with Crippen LogP contribution in [0.4, 0.5) is 9.18 Å². The molecule has 6 heteroatoms. The first-order valence-electron chi connectivity index (χ1n) is 7.13. The molecule has 0 saturated carbocycles. The van der Waals surface area contributed by atoms with Crippen molar-refractivity contribution in [1.82, 2.24) is 10.2 Å². The van der Waals surface area contributed by atoms with E-state index in [1.165, 1.54) is 6.07 Å². The Morgan fingerprint density at radius 2 is 2.10 bits per heavy atom. The zero-order valence-corrected chi connectivity index (χ0v) is 11.9. The molecule has 1 fully saturated rings. The van der Waals surface area contributed by atoms with Crippen molar-refractivity contribution in [2.75, 3.05) is 19.7 Å². The molecule has 0 spiro atoms. The number of rotatable bonds is 3. The Hall–Kier alpha value is -1.66. The minimum absolute atomic E-state index is 0.131. The van der Waals surface area contributed by atoms with Crippen molar-refractivity contribution in [2.45, 2.75) is 31.4 Å². The summed E-state index contributed by atoms with van der Waals surface area (Å²) < 4.78 is 13.5. The third-order valence-electron chi connectivity index (χ3n) is 3.89. The molecule has 1 saturated heterocycles. The van der Waals surface area contributed by atoms with Gasteiger partial charge in [-0.15, -0.1) is 0 Å². The number of carbonyl (C=O) groups is 1. The van der Waals surface area contributed by atoms with Gasteiger partial charge in [0.25, 0.3) is 0 Å². The first-order valence-corrected chi connectivity index (χ1v) is 7.13. The van der Waals surface area contributed by atoms with Crippen LogP contribution in [0.15, 0.2) is 24.3 Å². The number of amides is 2. The van der Waals surface area contributed by atoms with Crippen molar-refractivity contribution in [2.24, 2.45) is 0 Å². The summed E-state index contributed by atoms with van der Waals surface area (Å²) in [6.45, 7) is 0.732. The smallest absolute Gasteiger partial charge is 0.317 e. The van der Waals surface area contributed by atoms with Crippen LogP contribution < -0.4 is 5.32 Å². The topological polar surface area (TPSA) is 72.8 Å². The number of aliphatic hydroxyl groups is 2. The molecule has 0 aliphatic carbocycles. The maximum absolute atomic E-state index is 13.5. The zero-order valence-electron chi connectivity index (χ0n) is 11.9. The molecule has 1 aromatic carbocycles. The van der Waals surface area contributed by atoms with Gasteiger partial charge in [-0.3, -0.25) is 0 Å². The standard InChI is InChI=1S/C15H21FN2O3/c16-13-5-2-1-4-12(13)10-17-14(20)18-8-3-6-15(21,11-19)7-9-18/h1-2,4-5,19,21H,3,6-11H2,(H,17,20)/t15-/m1/s1. The second kappa shape index (κ2) is 6.87. The average molecular weight is 296 g/mol. The highest BCUT2D eigenvalue weighted by Crippen LogP contribution is 2.21. The summed E-state index contributed by atoms with van der Waals surface area (Å²) in [6.07, 6.45) is 1.45. The van der Waals surface area contributed by atoms with E-state index in [0.29, 0.717) is 37.9 Å². The molecule has 1 aliphatic heterocycles. The number of hydrogen-bond acceptors (Lipinski definition) is 3. The van der Waals surface area contributed by atoms with Crippen LogP contribution in [0.3, 0.4) is 0 Å². The second-order valence-corrected chi connectivity index (χ2v) is 5.47. The Labute approximate surface area is 123 Å².